The van der Waals surface area contributed by atoms with E-state index in [0.717, 1.165) is 48.6 Å². The fourth-order valence-corrected chi connectivity index (χ4v) is 4.94. The van der Waals surface area contributed by atoms with Crippen LogP contribution in [0.5, 0.6) is 0 Å². The lowest BCUT2D eigenvalue weighted by Crippen LogP contribution is -2.45. The minimum atomic E-state index is -0.993. The van der Waals surface area contributed by atoms with Crippen LogP contribution in [-0.2, 0) is 0 Å². The van der Waals surface area contributed by atoms with E-state index in [1.807, 2.05) is 24.3 Å². The summed E-state index contributed by atoms with van der Waals surface area (Å²) in [7, 11) is 0. The number of carbonyl (C=O) groups is 1. The molecular formula is C26H21Cl2N5O3. The molecule has 1 aliphatic heterocycles. The Bertz CT molecular complexity index is 1450. The molecule has 0 amide bonds. The fourth-order valence-electron chi connectivity index (χ4n) is 4.40. The average molecular weight is 522 g/mol. The number of benzene rings is 1. The van der Waals surface area contributed by atoms with Crippen LogP contribution in [0.1, 0.15) is 40.4 Å². The molecule has 2 aliphatic rings. The molecule has 1 N–H and O–H groups in total. The maximum Gasteiger partial charge on any atom is 0.338 e. The van der Waals surface area contributed by atoms with E-state index in [1.165, 1.54) is 12.4 Å². The zero-order valence-corrected chi connectivity index (χ0v) is 20.5. The van der Waals surface area contributed by atoms with E-state index in [1.54, 1.807) is 17.1 Å². The zero-order chi connectivity index (χ0) is 24.8. The van der Waals surface area contributed by atoms with Gasteiger partial charge in [0, 0.05) is 60.3 Å². The van der Waals surface area contributed by atoms with Gasteiger partial charge in [0.1, 0.15) is 11.5 Å². The smallest absolute Gasteiger partial charge is 0.338 e. The summed E-state index contributed by atoms with van der Waals surface area (Å²) in [6.07, 6.45) is 12.5. The normalized spacial score (nSPS) is 16.0. The van der Waals surface area contributed by atoms with Crippen LogP contribution in [0, 0.1) is 5.92 Å². The van der Waals surface area contributed by atoms with Crippen LogP contribution >= 0.6 is 23.2 Å². The Morgan fingerprint density at radius 1 is 1.06 bits per heavy atom. The van der Waals surface area contributed by atoms with E-state index in [9.17, 15) is 4.79 Å². The van der Waals surface area contributed by atoms with Crippen LogP contribution in [0.15, 0.2) is 59.7 Å². The summed E-state index contributed by atoms with van der Waals surface area (Å²) >= 11 is 12.8. The van der Waals surface area contributed by atoms with E-state index < -0.39 is 5.97 Å². The van der Waals surface area contributed by atoms with Crippen LogP contribution in [0.25, 0.3) is 23.0 Å². The molecule has 1 aromatic carbocycles. The van der Waals surface area contributed by atoms with Crippen molar-refractivity contribution in [3.63, 3.8) is 0 Å². The third kappa shape index (κ3) is 4.27. The molecule has 1 saturated carbocycles. The van der Waals surface area contributed by atoms with Crippen LogP contribution in [0.2, 0.25) is 10.0 Å². The summed E-state index contributed by atoms with van der Waals surface area (Å²) in [6.45, 7) is 1.77. The van der Waals surface area contributed by atoms with E-state index in [2.05, 4.69) is 32.3 Å². The molecule has 3 aromatic heterocycles. The van der Waals surface area contributed by atoms with Gasteiger partial charge in [-0.1, -0.05) is 40.5 Å². The third-order valence-electron chi connectivity index (χ3n) is 6.55. The molecule has 1 aliphatic carbocycles. The highest BCUT2D eigenvalue weighted by Crippen LogP contribution is 2.46. The summed E-state index contributed by atoms with van der Waals surface area (Å²) < 4.78 is 7.29. The van der Waals surface area contributed by atoms with Gasteiger partial charge in [-0.2, -0.15) is 5.10 Å². The second-order valence-electron chi connectivity index (χ2n) is 9.08. The van der Waals surface area contributed by atoms with Crippen molar-refractivity contribution in [1.82, 2.24) is 19.9 Å². The van der Waals surface area contributed by atoms with Gasteiger partial charge in [-0.15, -0.1) is 0 Å². The molecule has 0 bridgehead atoms. The first-order chi connectivity index (χ1) is 17.5. The van der Waals surface area contributed by atoms with E-state index in [0.29, 0.717) is 33.1 Å². The molecule has 4 aromatic rings. The van der Waals surface area contributed by atoms with Crippen molar-refractivity contribution in [3.05, 3.63) is 82.1 Å². The number of rotatable bonds is 7. The molecule has 0 unspecified atom stereocenters. The molecule has 10 heteroatoms. The average Bonchev–Trinajstić information content (AvgIpc) is 3.40. The monoisotopic (exact) mass is 521 g/mol. The molecule has 182 valence electrons. The number of pyridine rings is 1. The molecular weight excluding hydrogens is 501 g/mol. The zero-order valence-electron chi connectivity index (χ0n) is 19.0. The number of aromatic carboxylic acids is 1. The lowest BCUT2D eigenvalue weighted by atomic mass is 9.96. The minimum Gasteiger partial charge on any atom is -0.478 e. The number of anilines is 1. The van der Waals surface area contributed by atoms with Crippen molar-refractivity contribution >= 4 is 40.9 Å². The predicted molar refractivity (Wildman–Crippen MR) is 137 cm³/mol. The standard InChI is InChI=1S/C26H21Cl2N5O3/c27-21-10-29-11-22(28)23(21)24-20(25(36-31-24)16-2-3-16)8-1-15-12-32(13-15)18-4-6-19(7-5-18)33-14-17(9-30-33)26(34)35/h1,4-11,14-16H,2-3,12-13H2,(H,34,35)/b8-1+. The highest BCUT2D eigenvalue weighted by Gasteiger charge is 2.33. The number of nitrogens with zero attached hydrogens (tertiary/aromatic N) is 5. The number of hydrogen-bond donors (Lipinski definition) is 1. The maximum atomic E-state index is 11.1. The molecule has 8 nitrogen and oxygen atoms in total. The molecule has 0 spiro atoms. The Balaban J connectivity index is 1.16. The topological polar surface area (TPSA) is 97.3 Å². The van der Waals surface area contributed by atoms with Gasteiger partial charge in [0.05, 0.1) is 27.5 Å². The quantitative estimate of drug-likeness (QED) is 0.320. The first-order valence-corrected chi connectivity index (χ1v) is 12.3. The Hall–Kier alpha value is -3.62. The van der Waals surface area contributed by atoms with Gasteiger partial charge in [-0.25, -0.2) is 9.48 Å². The van der Waals surface area contributed by atoms with Gasteiger partial charge in [0.2, 0.25) is 0 Å². The van der Waals surface area contributed by atoms with Crippen molar-refractivity contribution in [2.24, 2.45) is 5.92 Å². The highest BCUT2D eigenvalue weighted by molar-refractivity contribution is 6.39. The van der Waals surface area contributed by atoms with Crippen molar-refractivity contribution < 1.29 is 14.4 Å². The van der Waals surface area contributed by atoms with Gasteiger partial charge in [-0.05, 0) is 37.1 Å². The van der Waals surface area contributed by atoms with E-state index >= 15 is 0 Å². The van der Waals surface area contributed by atoms with Gasteiger partial charge < -0.3 is 14.5 Å². The number of hydrogen-bond acceptors (Lipinski definition) is 6. The second-order valence-corrected chi connectivity index (χ2v) is 9.90. The number of carboxylic acid groups (broad SMARTS) is 1. The molecule has 36 heavy (non-hydrogen) atoms. The van der Waals surface area contributed by atoms with E-state index in [4.69, 9.17) is 32.8 Å². The molecule has 0 atom stereocenters. The third-order valence-corrected chi connectivity index (χ3v) is 7.12. The SMILES string of the molecule is O=C(O)c1cnn(-c2ccc(N3CC(/C=C/c4c(-c5c(Cl)cncc5Cl)noc4C4CC4)C3)cc2)c1. The van der Waals surface area contributed by atoms with Crippen LogP contribution < -0.4 is 4.90 Å². The van der Waals surface area contributed by atoms with Crippen molar-refractivity contribution in [2.45, 2.75) is 18.8 Å². The second kappa shape index (κ2) is 9.11. The van der Waals surface area contributed by atoms with Crippen molar-refractivity contribution in [1.29, 1.82) is 0 Å². The highest BCUT2D eigenvalue weighted by atomic mass is 35.5. The molecule has 6 rings (SSSR count). The fraction of sp³-hybridized carbons (Fsp3) is 0.231. The first-order valence-electron chi connectivity index (χ1n) is 11.6. The summed E-state index contributed by atoms with van der Waals surface area (Å²) in [5, 5.41) is 18.4. The lowest BCUT2D eigenvalue weighted by Gasteiger charge is -2.39. The van der Waals surface area contributed by atoms with Gasteiger partial charge in [-0.3, -0.25) is 4.98 Å². The lowest BCUT2D eigenvalue weighted by molar-refractivity contribution is 0.0697. The Morgan fingerprint density at radius 2 is 1.75 bits per heavy atom. The number of aromatic nitrogens is 4. The van der Waals surface area contributed by atoms with Crippen LogP contribution in [-0.4, -0.2) is 44.1 Å². The number of halogens is 2. The summed E-state index contributed by atoms with van der Waals surface area (Å²) in [5.41, 5.74) is 4.31. The van der Waals surface area contributed by atoms with Crippen molar-refractivity contribution in [3.8, 4) is 16.9 Å². The Labute approximate surface area is 216 Å². The van der Waals surface area contributed by atoms with Crippen LogP contribution in [0.4, 0.5) is 5.69 Å². The first kappa shape index (κ1) is 22.8. The Morgan fingerprint density at radius 3 is 2.39 bits per heavy atom. The maximum absolute atomic E-state index is 11.1. The van der Waals surface area contributed by atoms with Gasteiger partial charge >= 0.3 is 5.97 Å². The molecule has 1 saturated heterocycles. The van der Waals surface area contributed by atoms with Gasteiger partial charge in [0.25, 0.3) is 0 Å². The van der Waals surface area contributed by atoms with E-state index in [-0.39, 0.29) is 5.56 Å². The molecule has 4 heterocycles. The molecule has 0 radical (unpaired) electrons. The summed E-state index contributed by atoms with van der Waals surface area (Å²) in [6, 6.07) is 7.91. The van der Waals surface area contributed by atoms with Gasteiger partial charge in [0.15, 0.2) is 0 Å². The summed E-state index contributed by atoms with van der Waals surface area (Å²) in [5.74, 6) is 0.670. The summed E-state index contributed by atoms with van der Waals surface area (Å²) in [4.78, 5) is 17.4. The predicted octanol–water partition coefficient (Wildman–Crippen LogP) is 5.95. The minimum absolute atomic E-state index is 0.158. The van der Waals surface area contributed by atoms with Crippen LogP contribution in [0.3, 0.4) is 0 Å². The Kier molecular flexibility index (Phi) is 5.78. The largest absolute Gasteiger partial charge is 0.478 e. The number of carboxylic acids is 1. The molecule has 2 fully saturated rings. The van der Waals surface area contributed by atoms with Crippen molar-refractivity contribution in [2.75, 3.05) is 18.0 Å².